The molecule has 4 rings (SSSR count). The second-order valence-corrected chi connectivity index (χ2v) is 5.65. The molecule has 0 fully saturated rings. The van der Waals surface area contributed by atoms with Crippen LogP contribution in [0.5, 0.6) is 0 Å². The summed E-state index contributed by atoms with van der Waals surface area (Å²) in [5.41, 5.74) is 5.43. The van der Waals surface area contributed by atoms with Gasteiger partial charge in [0.1, 0.15) is 0 Å². The fraction of sp³-hybridized carbons (Fsp3) is 0. The molecule has 0 saturated heterocycles. The molecule has 0 heterocycles. The molecule has 0 atom stereocenters. The van der Waals surface area contributed by atoms with Gasteiger partial charge in [-0.1, -0.05) is 66.7 Å². The highest BCUT2D eigenvalue weighted by Gasteiger charge is 2.25. The Kier molecular flexibility index (Phi) is 3.64. The van der Waals surface area contributed by atoms with Crippen LogP contribution in [-0.4, -0.2) is 12.0 Å². The van der Waals surface area contributed by atoms with Crippen LogP contribution < -0.4 is 0 Å². The maximum atomic E-state index is 12.5. The molecule has 0 bridgehead atoms. The number of hydrogen-bond donors (Lipinski definition) is 0. The van der Waals surface area contributed by atoms with E-state index in [1.807, 2.05) is 84.9 Å². The number of carbonyl (C=O) groups excluding carboxylic acids is 1. The van der Waals surface area contributed by atoms with Crippen molar-refractivity contribution < 1.29 is 4.79 Å². The van der Waals surface area contributed by atoms with Crippen LogP contribution in [0.2, 0.25) is 0 Å². The Morgan fingerprint density at radius 1 is 0.708 bits per heavy atom. The number of nitrogens with zero attached hydrogens (tertiary/aromatic N) is 1. The molecule has 0 saturated carbocycles. The van der Waals surface area contributed by atoms with Gasteiger partial charge in [-0.25, -0.2) is 0 Å². The molecule has 0 amide bonds. The third-order valence-electron chi connectivity index (χ3n) is 4.11. The van der Waals surface area contributed by atoms with Crippen LogP contribution in [0.25, 0.3) is 17.2 Å². The van der Waals surface area contributed by atoms with Gasteiger partial charge in [0, 0.05) is 17.3 Å². The van der Waals surface area contributed by atoms with E-state index in [4.69, 9.17) is 0 Å². The minimum Gasteiger partial charge on any atom is -0.289 e. The molecule has 0 N–H and O–H groups in total. The van der Waals surface area contributed by atoms with E-state index < -0.39 is 0 Å². The summed E-state index contributed by atoms with van der Waals surface area (Å²) in [7, 11) is 0. The van der Waals surface area contributed by atoms with Gasteiger partial charge in [0.15, 0.2) is 5.78 Å². The Morgan fingerprint density at radius 3 is 2.25 bits per heavy atom. The predicted octanol–water partition coefficient (Wildman–Crippen LogP) is 5.31. The van der Waals surface area contributed by atoms with Crippen molar-refractivity contribution >= 4 is 23.8 Å². The lowest BCUT2D eigenvalue weighted by Gasteiger charge is -2.00. The Bertz CT molecular complexity index is 968. The molecule has 2 nitrogen and oxygen atoms in total. The molecule has 114 valence electrons. The summed E-state index contributed by atoms with van der Waals surface area (Å²) >= 11 is 0. The van der Waals surface area contributed by atoms with Gasteiger partial charge in [0.2, 0.25) is 0 Å². The highest BCUT2D eigenvalue weighted by molar-refractivity contribution is 6.22. The van der Waals surface area contributed by atoms with Crippen LogP contribution in [0.1, 0.15) is 21.5 Å². The second-order valence-electron chi connectivity index (χ2n) is 5.65. The van der Waals surface area contributed by atoms with Crippen LogP contribution in [0.3, 0.4) is 0 Å². The van der Waals surface area contributed by atoms with E-state index >= 15 is 0 Å². The standard InChI is InChI=1S/C22H15NO/c24-22-20-11-5-4-10-18(20)19-13-12-17(15-21(19)22)23-14-6-9-16-7-2-1-3-8-16/h1-15H. The topological polar surface area (TPSA) is 29.4 Å². The molecular formula is C22H15NO. The molecule has 2 heteroatoms. The van der Waals surface area contributed by atoms with Crippen molar-refractivity contribution in [2.45, 2.75) is 0 Å². The van der Waals surface area contributed by atoms with E-state index in [1.165, 1.54) is 0 Å². The molecule has 0 spiro atoms. The van der Waals surface area contributed by atoms with Crippen LogP contribution in [0, 0.1) is 0 Å². The van der Waals surface area contributed by atoms with E-state index in [1.54, 1.807) is 6.21 Å². The average molecular weight is 309 g/mol. The lowest BCUT2D eigenvalue weighted by Crippen LogP contribution is -1.94. The summed E-state index contributed by atoms with van der Waals surface area (Å²) in [6.45, 7) is 0. The first-order chi connectivity index (χ1) is 11.8. The molecule has 3 aromatic carbocycles. The minimum atomic E-state index is 0.0810. The van der Waals surface area contributed by atoms with Crippen molar-refractivity contribution in [3.05, 3.63) is 95.6 Å². The van der Waals surface area contributed by atoms with Gasteiger partial charge in [0.25, 0.3) is 0 Å². The fourth-order valence-electron chi connectivity index (χ4n) is 2.94. The molecule has 24 heavy (non-hydrogen) atoms. The van der Waals surface area contributed by atoms with Crippen molar-refractivity contribution in [3.63, 3.8) is 0 Å². The normalized spacial score (nSPS) is 12.8. The average Bonchev–Trinajstić information content (AvgIpc) is 2.92. The van der Waals surface area contributed by atoms with Crippen molar-refractivity contribution in [1.29, 1.82) is 0 Å². The van der Waals surface area contributed by atoms with Gasteiger partial charge >= 0.3 is 0 Å². The van der Waals surface area contributed by atoms with E-state index in [-0.39, 0.29) is 5.78 Å². The summed E-state index contributed by atoms with van der Waals surface area (Å²) in [6.07, 6.45) is 5.65. The van der Waals surface area contributed by atoms with Crippen molar-refractivity contribution in [2.24, 2.45) is 4.99 Å². The molecule has 0 unspecified atom stereocenters. The molecule has 1 aliphatic carbocycles. The first-order valence-electron chi connectivity index (χ1n) is 7.87. The summed E-state index contributed by atoms with van der Waals surface area (Å²) < 4.78 is 0. The smallest absolute Gasteiger partial charge is 0.194 e. The van der Waals surface area contributed by atoms with E-state index in [2.05, 4.69) is 4.99 Å². The number of hydrogen-bond acceptors (Lipinski definition) is 2. The van der Waals surface area contributed by atoms with E-state index in [0.717, 1.165) is 33.5 Å². The lowest BCUT2D eigenvalue weighted by atomic mass is 10.1. The van der Waals surface area contributed by atoms with E-state index in [9.17, 15) is 4.79 Å². The highest BCUT2D eigenvalue weighted by Crippen LogP contribution is 2.37. The lowest BCUT2D eigenvalue weighted by molar-refractivity contribution is 0.104. The van der Waals surface area contributed by atoms with Gasteiger partial charge in [-0.2, -0.15) is 0 Å². The first-order valence-corrected chi connectivity index (χ1v) is 7.87. The fourth-order valence-corrected chi connectivity index (χ4v) is 2.94. The number of ketones is 1. The zero-order valence-electron chi connectivity index (χ0n) is 13.0. The third kappa shape index (κ3) is 2.59. The maximum Gasteiger partial charge on any atom is 0.194 e. The van der Waals surface area contributed by atoms with Gasteiger partial charge in [-0.3, -0.25) is 9.79 Å². The van der Waals surface area contributed by atoms with Crippen LogP contribution in [-0.2, 0) is 0 Å². The minimum absolute atomic E-state index is 0.0810. The molecule has 3 aromatic rings. The number of allylic oxidation sites excluding steroid dienone is 1. The van der Waals surface area contributed by atoms with Gasteiger partial charge < -0.3 is 0 Å². The maximum absolute atomic E-state index is 12.5. The Balaban J connectivity index is 1.58. The second kappa shape index (κ2) is 6.09. The number of rotatable bonds is 3. The van der Waals surface area contributed by atoms with Crippen LogP contribution in [0.15, 0.2) is 83.9 Å². The van der Waals surface area contributed by atoms with Crippen LogP contribution in [0.4, 0.5) is 5.69 Å². The number of carbonyl (C=O) groups is 1. The highest BCUT2D eigenvalue weighted by atomic mass is 16.1. The SMILES string of the molecule is O=C1c2ccccc2-c2ccc(N=CC=Cc3ccccc3)cc21. The Labute approximate surface area is 140 Å². The molecule has 0 aliphatic heterocycles. The van der Waals surface area contributed by atoms with E-state index in [0.29, 0.717) is 0 Å². The molecule has 0 radical (unpaired) electrons. The zero-order valence-corrected chi connectivity index (χ0v) is 13.0. The third-order valence-corrected chi connectivity index (χ3v) is 4.11. The van der Waals surface area contributed by atoms with Crippen LogP contribution >= 0.6 is 0 Å². The Hall–Kier alpha value is -3.26. The number of fused-ring (bicyclic) bond motifs is 3. The largest absolute Gasteiger partial charge is 0.289 e. The van der Waals surface area contributed by atoms with Gasteiger partial charge in [0.05, 0.1) is 5.69 Å². The summed E-state index contributed by atoms with van der Waals surface area (Å²) in [5.74, 6) is 0.0810. The predicted molar refractivity (Wildman–Crippen MR) is 98.9 cm³/mol. The molecular weight excluding hydrogens is 294 g/mol. The number of aliphatic imine (C=N–C) groups is 1. The summed E-state index contributed by atoms with van der Waals surface area (Å²) in [5, 5.41) is 0. The first kappa shape index (κ1) is 14.3. The van der Waals surface area contributed by atoms with Gasteiger partial charge in [-0.05, 0) is 34.9 Å². The zero-order chi connectivity index (χ0) is 16.4. The van der Waals surface area contributed by atoms with Crippen molar-refractivity contribution in [1.82, 2.24) is 0 Å². The monoisotopic (exact) mass is 309 g/mol. The van der Waals surface area contributed by atoms with Crippen molar-refractivity contribution in [3.8, 4) is 11.1 Å². The molecule has 0 aromatic heterocycles. The number of benzene rings is 3. The van der Waals surface area contributed by atoms with Gasteiger partial charge in [-0.15, -0.1) is 0 Å². The van der Waals surface area contributed by atoms with Crippen molar-refractivity contribution in [2.75, 3.05) is 0 Å². The summed E-state index contributed by atoms with van der Waals surface area (Å²) in [6, 6.07) is 23.6. The molecule has 1 aliphatic rings. The quantitative estimate of drug-likeness (QED) is 0.471. The summed E-state index contributed by atoms with van der Waals surface area (Å²) in [4.78, 5) is 16.9. The Morgan fingerprint density at radius 2 is 1.42 bits per heavy atom.